The van der Waals surface area contributed by atoms with Gasteiger partial charge in [0.1, 0.15) is 5.76 Å². The molecular formula is C28H40O6S. The van der Waals surface area contributed by atoms with Crippen LogP contribution in [0.4, 0.5) is 0 Å². The highest BCUT2D eigenvalue weighted by Gasteiger charge is 2.34. The molecule has 0 aliphatic heterocycles. The van der Waals surface area contributed by atoms with Crippen LogP contribution in [0.1, 0.15) is 76.7 Å². The summed E-state index contributed by atoms with van der Waals surface area (Å²) in [5.74, 6) is -0.116. The van der Waals surface area contributed by atoms with E-state index < -0.39 is 18.2 Å². The van der Waals surface area contributed by atoms with Crippen molar-refractivity contribution in [2.45, 2.75) is 89.8 Å². The second-order valence-electron chi connectivity index (χ2n) is 9.05. The summed E-state index contributed by atoms with van der Waals surface area (Å²) in [6, 6.07) is 10.3. The number of hydrogen-bond donors (Lipinski definition) is 3. The van der Waals surface area contributed by atoms with Gasteiger partial charge in [-0.15, -0.1) is 11.8 Å². The molecule has 0 saturated carbocycles. The fraction of sp³-hybridized carbons (Fsp3) is 0.571. The minimum absolute atomic E-state index is 0.167. The van der Waals surface area contributed by atoms with Gasteiger partial charge in [0.15, 0.2) is 0 Å². The quantitative estimate of drug-likeness (QED) is 0.143. The van der Waals surface area contributed by atoms with Crippen LogP contribution in [0.3, 0.4) is 0 Å². The number of aliphatic hydroxyl groups is 2. The molecule has 3 atom stereocenters. The number of esters is 1. The van der Waals surface area contributed by atoms with Gasteiger partial charge >= 0.3 is 11.9 Å². The molecule has 0 bridgehead atoms. The zero-order valence-electron chi connectivity index (χ0n) is 20.7. The van der Waals surface area contributed by atoms with Crippen molar-refractivity contribution in [3.63, 3.8) is 0 Å². The zero-order valence-corrected chi connectivity index (χ0v) is 21.5. The maximum absolute atomic E-state index is 12.1. The van der Waals surface area contributed by atoms with Gasteiger partial charge in [0, 0.05) is 30.1 Å². The predicted molar refractivity (Wildman–Crippen MR) is 140 cm³/mol. The highest BCUT2D eigenvalue weighted by molar-refractivity contribution is 8.03. The van der Waals surface area contributed by atoms with Crippen LogP contribution in [0.5, 0.6) is 0 Å². The molecule has 6 nitrogen and oxygen atoms in total. The molecule has 35 heavy (non-hydrogen) atoms. The molecule has 0 fully saturated rings. The highest BCUT2D eigenvalue weighted by atomic mass is 32.2. The highest BCUT2D eigenvalue weighted by Crippen LogP contribution is 2.41. The summed E-state index contributed by atoms with van der Waals surface area (Å²) in [5.41, 5.74) is 1.30. The number of unbranched alkanes of at least 4 members (excludes halogenated alkanes) is 3. The Morgan fingerprint density at radius 2 is 1.89 bits per heavy atom. The molecule has 1 aliphatic rings. The van der Waals surface area contributed by atoms with Gasteiger partial charge in [-0.3, -0.25) is 9.59 Å². The molecule has 0 saturated heterocycles. The first-order valence-corrected chi connectivity index (χ1v) is 13.8. The van der Waals surface area contributed by atoms with E-state index in [1.165, 1.54) is 5.56 Å². The second kappa shape index (κ2) is 16.6. The first kappa shape index (κ1) is 29.1. The van der Waals surface area contributed by atoms with Gasteiger partial charge in [-0.25, -0.2) is 0 Å². The topological polar surface area (TPSA) is 104 Å². The Kier molecular flexibility index (Phi) is 13.8. The van der Waals surface area contributed by atoms with Crippen molar-refractivity contribution in [3.8, 4) is 0 Å². The average molecular weight is 505 g/mol. The molecule has 194 valence electrons. The van der Waals surface area contributed by atoms with Gasteiger partial charge in [-0.05, 0) is 49.8 Å². The van der Waals surface area contributed by atoms with Crippen LogP contribution >= 0.6 is 11.8 Å². The average Bonchev–Trinajstić information content (AvgIpc) is 3.11. The maximum Gasteiger partial charge on any atom is 0.310 e. The Morgan fingerprint density at radius 3 is 2.60 bits per heavy atom. The lowest BCUT2D eigenvalue weighted by molar-refractivity contribution is -0.140. The van der Waals surface area contributed by atoms with E-state index >= 15 is 0 Å². The third-order valence-corrected chi connectivity index (χ3v) is 7.27. The first-order valence-electron chi connectivity index (χ1n) is 12.8. The number of aliphatic hydroxyl groups excluding tert-OH is 2. The molecule has 3 N–H and O–H groups in total. The third kappa shape index (κ3) is 11.5. The molecule has 1 aromatic rings. The Balaban J connectivity index is 1.90. The van der Waals surface area contributed by atoms with E-state index in [1.807, 2.05) is 31.2 Å². The molecule has 2 rings (SSSR count). The van der Waals surface area contributed by atoms with Gasteiger partial charge in [0.25, 0.3) is 0 Å². The molecule has 0 radical (unpaired) electrons. The molecule has 1 aromatic carbocycles. The molecule has 0 heterocycles. The SMILES string of the molecule is CCCC(=O)OC1=C(SCCCCCC(=O)O)[C@@H](/C=C/[C@@H](O)CCCCc2ccccc2)[C@H](O)C1. The monoisotopic (exact) mass is 504 g/mol. The van der Waals surface area contributed by atoms with Gasteiger partial charge in [0.05, 0.1) is 12.2 Å². The summed E-state index contributed by atoms with van der Waals surface area (Å²) in [6.45, 7) is 1.92. The van der Waals surface area contributed by atoms with E-state index in [2.05, 4.69) is 12.1 Å². The summed E-state index contributed by atoms with van der Waals surface area (Å²) in [5, 5.41) is 29.9. The zero-order chi connectivity index (χ0) is 25.5. The van der Waals surface area contributed by atoms with Crippen LogP contribution in [0.25, 0.3) is 0 Å². The van der Waals surface area contributed by atoms with Crippen LogP contribution in [0, 0.1) is 5.92 Å². The standard InChI is InChI=1S/C28H40O6S/c1-2-11-27(33)34-25-20-24(30)23(28(25)35-19-10-4-7-16-26(31)32)18-17-22(29)15-9-8-14-21-12-5-3-6-13-21/h3,5-6,12-13,17-18,22-24,29-30H,2,4,7-11,14-16,19-20H2,1H3,(H,31,32)/b18-17+/t22-,23-,24+/m0/s1. The molecular weight excluding hydrogens is 464 g/mol. The van der Waals surface area contributed by atoms with E-state index in [1.54, 1.807) is 17.8 Å². The van der Waals surface area contributed by atoms with Gasteiger partial charge < -0.3 is 20.1 Å². The first-order chi connectivity index (χ1) is 16.9. The van der Waals surface area contributed by atoms with Gasteiger partial charge in [-0.1, -0.05) is 62.2 Å². The molecule has 0 unspecified atom stereocenters. The largest absolute Gasteiger partial charge is 0.481 e. The van der Waals surface area contributed by atoms with Crippen molar-refractivity contribution in [3.05, 3.63) is 58.7 Å². The lowest BCUT2D eigenvalue weighted by atomic mass is 10.0. The summed E-state index contributed by atoms with van der Waals surface area (Å²) >= 11 is 1.56. The molecule has 7 heteroatoms. The van der Waals surface area contributed by atoms with Crippen LogP contribution in [0.2, 0.25) is 0 Å². The number of hydrogen-bond acceptors (Lipinski definition) is 6. The maximum atomic E-state index is 12.1. The number of carbonyl (C=O) groups is 2. The smallest absolute Gasteiger partial charge is 0.310 e. The summed E-state index contributed by atoms with van der Waals surface area (Å²) < 4.78 is 5.59. The summed E-state index contributed by atoms with van der Waals surface area (Å²) in [6.07, 6.45) is 9.61. The molecule has 0 aromatic heterocycles. The Morgan fingerprint density at radius 1 is 1.11 bits per heavy atom. The fourth-order valence-electron chi connectivity index (χ4n) is 4.06. The van der Waals surface area contributed by atoms with Crippen molar-refractivity contribution >= 4 is 23.7 Å². The van der Waals surface area contributed by atoms with Crippen LogP contribution in [0.15, 0.2) is 53.1 Å². The van der Waals surface area contributed by atoms with Crippen molar-refractivity contribution < 1.29 is 29.6 Å². The predicted octanol–water partition coefficient (Wildman–Crippen LogP) is 5.63. The van der Waals surface area contributed by atoms with E-state index in [0.29, 0.717) is 31.4 Å². The minimum atomic E-state index is -0.784. The number of carboxylic acid groups (broad SMARTS) is 1. The second-order valence-corrected chi connectivity index (χ2v) is 10.2. The number of thioether (sulfide) groups is 1. The number of aliphatic carboxylic acids is 1. The molecule has 0 spiro atoms. The van der Waals surface area contributed by atoms with Crippen LogP contribution in [-0.2, 0) is 20.7 Å². The number of benzene rings is 1. The lowest BCUT2D eigenvalue weighted by Crippen LogP contribution is -2.14. The van der Waals surface area contributed by atoms with Crippen LogP contribution in [-0.4, -0.2) is 45.2 Å². The Hall–Kier alpha value is -2.09. The Bertz CT molecular complexity index is 835. The fourth-order valence-corrected chi connectivity index (χ4v) is 5.35. The van der Waals surface area contributed by atoms with E-state index in [9.17, 15) is 19.8 Å². The summed E-state index contributed by atoms with van der Waals surface area (Å²) in [4.78, 5) is 23.6. The van der Waals surface area contributed by atoms with E-state index in [-0.39, 0.29) is 24.7 Å². The van der Waals surface area contributed by atoms with Crippen molar-refractivity contribution in [1.29, 1.82) is 0 Å². The number of carboxylic acids is 1. The minimum Gasteiger partial charge on any atom is -0.481 e. The lowest BCUT2D eigenvalue weighted by Gasteiger charge is -2.15. The summed E-state index contributed by atoms with van der Waals surface area (Å²) in [7, 11) is 0. The van der Waals surface area contributed by atoms with Crippen molar-refractivity contribution in [1.82, 2.24) is 0 Å². The van der Waals surface area contributed by atoms with E-state index in [0.717, 1.165) is 42.8 Å². The normalized spacial score (nSPS) is 18.8. The van der Waals surface area contributed by atoms with Crippen molar-refractivity contribution in [2.75, 3.05) is 5.75 Å². The number of aryl methyl sites for hydroxylation is 1. The number of ether oxygens (including phenoxy) is 1. The van der Waals surface area contributed by atoms with Gasteiger partial charge in [-0.2, -0.15) is 0 Å². The Labute approximate surface area is 213 Å². The van der Waals surface area contributed by atoms with E-state index in [4.69, 9.17) is 9.84 Å². The van der Waals surface area contributed by atoms with Crippen LogP contribution < -0.4 is 0 Å². The molecule has 0 amide bonds. The number of carbonyl (C=O) groups excluding carboxylic acids is 1. The third-order valence-electron chi connectivity index (χ3n) is 5.97. The number of rotatable bonds is 17. The van der Waals surface area contributed by atoms with Gasteiger partial charge in [0.2, 0.25) is 0 Å². The van der Waals surface area contributed by atoms with Crippen molar-refractivity contribution in [2.24, 2.45) is 5.92 Å². The molecule has 1 aliphatic carbocycles.